The molecule has 4 heavy (non-hydrogen) atoms. The summed E-state index contributed by atoms with van der Waals surface area (Å²) >= 11 is 0. The predicted molar refractivity (Wildman–Crippen MR) is 12.7 cm³/mol. The first-order valence-corrected chi connectivity index (χ1v) is 0. The van der Waals surface area contributed by atoms with E-state index in [1.54, 1.807) is 0 Å². The molecule has 0 bridgehead atoms. The van der Waals surface area contributed by atoms with Gasteiger partial charge in [-0.2, -0.15) is 0 Å². The second-order valence-corrected chi connectivity index (χ2v) is 0. The molecule has 0 aromatic rings. The first-order chi connectivity index (χ1) is 0. The SMILES string of the molecule is O.[Ce].[H-].[H-].[H-].[Mg+2].[Na+]. The van der Waals surface area contributed by atoms with E-state index < -0.39 is 0 Å². The summed E-state index contributed by atoms with van der Waals surface area (Å²) in [4.78, 5) is 0. The smallest absolute Gasteiger partial charge is 1.00 e. The molecule has 0 aromatic heterocycles. The molecule has 2 N–H and O–H groups in total. The largest absolute Gasteiger partial charge is 2.00 e. The van der Waals surface area contributed by atoms with Crippen LogP contribution in [0.2, 0.25) is 0 Å². The summed E-state index contributed by atoms with van der Waals surface area (Å²) in [6, 6.07) is 0. The molecule has 0 saturated carbocycles. The van der Waals surface area contributed by atoms with E-state index in [0.717, 1.165) is 0 Å². The van der Waals surface area contributed by atoms with E-state index in [0.29, 0.717) is 0 Å². The summed E-state index contributed by atoms with van der Waals surface area (Å²) < 4.78 is 0. The molecule has 18 valence electrons. The summed E-state index contributed by atoms with van der Waals surface area (Å²) in [5, 5.41) is 0. The Kier molecular flexibility index (Phi) is 113. The molecule has 0 unspecified atom stereocenters. The fraction of sp³-hybridized carbons (Fsp3) is 0. The molecular formula is H5CeMgNaO. The van der Waals surface area contributed by atoms with Gasteiger partial charge in [-0.1, -0.05) is 0 Å². The first kappa shape index (κ1) is 27.5. The Labute approximate surface area is 102 Å². The van der Waals surface area contributed by atoms with E-state index in [-0.39, 0.29) is 104 Å². The van der Waals surface area contributed by atoms with Gasteiger partial charge < -0.3 is 9.76 Å². The quantitative estimate of drug-likeness (QED) is 0.365. The summed E-state index contributed by atoms with van der Waals surface area (Å²) in [5.74, 6) is 0. The summed E-state index contributed by atoms with van der Waals surface area (Å²) in [5.41, 5.74) is 0. The van der Waals surface area contributed by atoms with Crippen molar-refractivity contribution >= 4 is 23.1 Å². The Hall–Kier alpha value is 3.10. The summed E-state index contributed by atoms with van der Waals surface area (Å²) in [7, 11) is 0. The molecule has 4 heteroatoms. The minimum absolute atomic E-state index is 0. The molecule has 0 aliphatic heterocycles. The van der Waals surface area contributed by atoms with E-state index in [1.807, 2.05) is 0 Å². The van der Waals surface area contributed by atoms with E-state index in [2.05, 4.69) is 0 Å². The number of rotatable bonds is 0. The van der Waals surface area contributed by atoms with E-state index >= 15 is 0 Å². The molecule has 0 radical (unpaired) electrons. The molecular weight excluding hydrogens is 203 g/mol. The van der Waals surface area contributed by atoms with Gasteiger partial charge in [-0.3, -0.25) is 0 Å². The zero-order valence-electron chi connectivity index (χ0n) is 5.71. The maximum Gasteiger partial charge on any atom is 2.00 e. The van der Waals surface area contributed by atoms with Crippen molar-refractivity contribution in [2.45, 2.75) is 0 Å². The van der Waals surface area contributed by atoms with Crippen LogP contribution >= 0.6 is 0 Å². The summed E-state index contributed by atoms with van der Waals surface area (Å²) in [6.45, 7) is 0. The van der Waals surface area contributed by atoms with Gasteiger partial charge in [0.1, 0.15) is 0 Å². The Morgan fingerprint density at radius 2 is 1.25 bits per heavy atom. The number of hydrogen-bond donors (Lipinski definition) is 0. The van der Waals surface area contributed by atoms with E-state index in [1.165, 1.54) is 0 Å². The predicted octanol–water partition coefficient (Wildman–Crippen LogP) is -3.86. The van der Waals surface area contributed by atoms with Crippen LogP contribution in [0.5, 0.6) is 0 Å². The molecule has 0 heterocycles. The van der Waals surface area contributed by atoms with Crippen LogP contribution in [0.4, 0.5) is 0 Å². The first-order valence-electron chi connectivity index (χ1n) is 0. The van der Waals surface area contributed by atoms with Crippen molar-refractivity contribution < 1.29 is 81.1 Å². The number of hydrogen-bond acceptors (Lipinski definition) is 0. The monoisotopic (exact) mass is 208 g/mol. The maximum atomic E-state index is 0. The van der Waals surface area contributed by atoms with Gasteiger partial charge in [-0.25, -0.2) is 0 Å². The Balaban J connectivity index is 0. The van der Waals surface area contributed by atoms with Crippen LogP contribution in [0.25, 0.3) is 0 Å². The van der Waals surface area contributed by atoms with Gasteiger partial charge in [-0.05, 0) is 0 Å². The zero-order valence-corrected chi connectivity index (χ0v) is 9.26. The van der Waals surface area contributed by atoms with Crippen LogP contribution in [0.3, 0.4) is 0 Å². The maximum absolute atomic E-state index is 0. The van der Waals surface area contributed by atoms with Crippen molar-refractivity contribution in [2.24, 2.45) is 0 Å². The van der Waals surface area contributed by atoms with Crippen LogP contribution < -0.4 is 29.6 Å². The second-order valence-electron chi connectivity index (χ2n) is 0. The molecule has 0 saturated heterocycles. The minimum atomic E-state index is 0. The molecule has 0 fully saturated rings. The molecule has 0 aromatic carbocycles. The van der Waals surface area contributed by atoms with Gasteiger partial charge in [-0.15, -0.1) is 0 Å². The van der Waals surface area contributed by atoms with Gasteiger partial charge >= 0.3 is 52.6 Å². The van der Waals surface area contributed by atoms with Crippen LogP contribution in [0.1, 0.15) is 4.28 Å². The average molecular weight is 208 g/mol. The molecule has 0 rings (SSSR count). The molecule has 0 spiro atoms. The Bertz CT molecular complexity index is 14.9. The van der Waals surface area contributed by atoms with Crippen molar-refractivity contribution in [2.75, 3.05) is 0 Å². The van der Waals surface area contributed by atoms with Crippen molar-refractivity contribution in [3.8, 4) is 0 Å². The van der Waals surface area contributed by atoms with E-state index in [4.69, 9.17) is 0 Å². The van der Waals surface area contributed by atoms with Crippen molar-refractivity contribution in [1.29, 1.82) is 0 Å². The molecule has 0 aliphatic rings. The fourth-order valence-electron chi connectivity index (χ4n) is 0. The van der Waals surface area contributed by atoms with Crippen LogP contribution in [0, 0.1) is 41.7 Å². The second kappa shape index (κ2) is 16.5. The Morgan fingerprint density at radius 1 is 1.25 bits per heavy atom. The van der Waals surface area contributed by atoms with Crippen LogP contribution in [-0.2, 0) is 0 Å². The molecule has 0 amide bonds. The van der Waals surface area contributed by atoms with Gasteiger partial charge in [0.15, 0.2) is 0 Å². The Morgan fingerprint density at radius 3 is 1.25 bits per heavy atom. The topological polar surface area (TPSA) is 31.5 Å². The van der Waals surface area contributed by atoms with Gasteiger partial charge in [0, 0.05) is 41.7 Å². The minimum Gasteiger partial charge on any atom is -1.00 e. The van der Waals surface area contributed by atoms with Crippen molar-refractivity contribution in [3.63, 3.8) is 0 Å². The third-order valence-corrected chi connectivity index (χ3v) is 0. The van der Waals surface area contributed by atoms with Gasteiger partial charge in [0.25, 0.3) is 0 Å². The third kappa shape index (κ3) is 8.92. The summed E-state index contributed by atoms with van der Waals surface area (Å²) in [6.07, 6.45) is 0. The fourth-order valence-corrected chi connectivity index (χ4v) is 0. The average Bonchev–Trinajstić information content (AvgIpc) is 0. The van der Waals surface area contributed by atoms with Crippen molar-refractivity contribution in [3.05, 3.63) is 0 Å². The third-order valence-electron chi connectivity index (χ3n) is 0. The van der Waals surface area contributed by atoms with Gasteiger partial charge in [0.05, 0.1) is 0 Å². The molecule has 1 nitrogen and oxygen atoms in total. The van der Waals surface area contributed by atoms with Crippen LogP contribution in [-0.4, -0.2) is 28.5 Å². The van der Waals surface area contributed by atoms with Crippen molar-refractivity contribution in [1.82, 2.24) is 0 Å². The van der Waals surface area contributed by atoms with Crippen LogP contribution in [0.15, 0.2) is 0 Å². The standard InChI is InChI=1S/Ce.Mg.Na.H2O.3H/h;;;1H2;;;/q;+2;+1;;3*-1. The van der Waals surface area contributed by atoms with E-state index in [9.17, 15) is 0 Å². The zero-order chi connectivity index (χ0) is 0. The normalized spacial score (nSPS) is 0. The molecule has 0 atom stereocenters. The van der Waals surface area contributed by atoms with Gasteiger partial charge in [0.2, 0.25) is 0 Å². The molecule has 0 aliphatic carbocycles.